The fourth-order valence-corrected chi connectivity index (χ4v) is 3.34. The second-order valence-electron chi connectivity index (χ2n) is 5.89. The molecule has 1 aromatic carbocycles. The van der Waals surface area contributed by atoms with Gasteiger partial charge in [-0.15, -0.1) is 0 Å². The third-order valence-corrected chi connectivity index (χ3v) is 4.53. The Labute approximate surface area is 130 Å². The highest BCUT2D eigenvalue weighted by atomic mass is 16.1. The molecule has 0 bridgehead atoms. The average Bonchev–Trinajstić information content (AvgIpc) is 2.86. The number of rotatable bonds is 4. The Morgan fingerprint density at radius 2 is 2.09 bits per heavy atom. The minimum atomic E-state index is -0.253. The monoisotopic (exact) mass is 298 g/mol. The van der Waals surface area contributed by atoms with Crippen molar-refractivity contribution in [2.75, 3.05) is 0 Å². The Morgan fingerprint density at radius 3 is 2.77 bits per heavy atom. The normalized spacial score (nSPS) is 18.2. The lowest BCUT2D eigenvalue weighted by atomic mass is 9.93. The molecule has 2 aromatic rings. The zero-order valence-electron chi connectivity index (χ0n) is 13.1. The summed E-state index contributed by atoms with van der Waals surface area (Å²) in [7, 11) is 1.96. The summed E-state index contributed by atoms with van der Waals surface area (Å²) < 4.78 is 1.91. The van der Waals surface area contributed by atoms with Gasteiger partial charge in [0, 0.05) is 31.4 Å². The standard InChI is InChI=1S/C17H22N4O/c1-3-15-14(9-19-20(15)2)11-21-10-13-7-5-4-6-12(13)8-16(21)17(18)22/h4-7,9,16H,3,8,10-11H2,1-2H3,(H2,18,22). The van der Waals surface area contributed by atoms with Gasteiger partial charge < -0.3 is 5.73 Å². The van der Waals surface area contributed by atoms with E-state index in [4.69, 9.17) is 5.73 Å². The van der Waals surface area contributed by atoms with Crippen molar-refractivity contribution >= 4 is 5.91 Å². The predicted molar refractivity (Wildman–Crippen MR) is 85.0 cm³/mol. The molecule has 5 nitrogen and oxygen atoms in total. The first-order valence-electron chi connectivity index (χ1n) is 7.70. The molecule has 2 N–H and O–H groups in total. The molecule has 0 saturated carbocycles. The van der Waals surface area contributed by atoms with Crippen molar-refractivity contribution in [3.63, 3.8) is 0 Å². The van der Waals surface area contributed by atoms with E-state index in [1.807, 2.05) is 30.1 Å². The van der Waals surface area contributed by atoms with Gasteiger partial charge in [-0.25, -0.2) is 0 Å². The van der Waals surface area contributed by atoms with Crippen LogP contribution in [-0.2, 0) is 37.8 Å². The van der Waals surface area contributed by atoms with Gasteiger partial charge in [-0.1, -0.05) is 31.2 Å². The third kappa shape index (κ3) is 2.64. The highest BCUT2D eigenvalue weighted by Crippen LogP contribution is 2.25. The predicted octanol–water partition coefficient (Wildman–Crippen LogP) is 1.39. The largest absolute Gasteiger partial charge is 0.368 e. The van der Waals surface area contributed by atoms with Crippen LogP contribution in [0.1, 0.15) is 29.3 Å². The number of benzene rings is 1. The molecule has 0 radical (unpaired) electrons. The molecule has 0 saturated heterocycles. The highest BCUT2D eigenvalue weighted by Gasteiger charge is 2.30. The van der Waals surface area contributed by atoms with Crippen LogP contribution in [0.15, 0.2) is 30.5 Å². The molecular weight excluding hydrogens is 276 g/mol. The summed E-state index contributed by atoms with van der Waals surface area (Å²) in [6.07, 6.45) is 3.52. The van der Waals surface area contributed by atoms with E-state index in [1.165, 1.54) is 22.4 Å². The highest BCUT2D eigenvalue weighted by molar-refractivity contribution is 5.80. The molecule has 1 atom stereocenters. The fourth-order valence-electron chi connectivity index (χ4n) is 3.34. The van der Waals surface area contributed by atoms with E-state index in [-0.39, 0.29) is 11.9 Å². The van der Waals surface area contributed by atoms with E-state index < -0.39 is 0 Å². The SMILES string of the molecule is CCc1c(CN2Cc3ccccc3CC2C(N)=O)cnn1C. The lowest BCUT2D eigenvalue weighted by Crippen LogP contribution is -2.48. The number of aromatic nitrogens is 2. The number of nitrogens with two attached hydrogens (primary N) is 1. The van der Waals surface area contributed by atoms with E-state index >= 15 is 0 Å². The molecule has 1 aliphatic heterocycles. The quantitative estimate of drug-likeness (QED) is 0.928. The van der Waals surface area contributed by atoms with Crippen molar-refractivity contribution in [1.82, 2.24) is 14.7 Å². The number of nitrogens with zero attached hydrogens (tertiary/aromatic N) is 3. The van der Waals surface area contributed by atoms with Crippen molar-refractivity contribution < 1.29 is 4.79 Å². The number of amides is 1. The van der Waals surface area contributed by atoms with Gasteiger partial charge in [0.05, 0.1) is 12.2 Å². The maximum absolute atomic E-state index is 11.9. The number of primary amides is 1. The first-order valence-corrected chi connectivity index (χ1v) is 7.70. The second-order valence-corrected chi connectivity index (χ2v) is 5.89. The maximum atomic E-state index is 11.9. The van der Waals surface area contributed by atoms with Gasteiger partial charge >= 0.3 is 0 Å². The average molecular weight is 298 g/mol. The minimum Gasteiger partial charge on any atom is -0.368 e. The Bertz CT molecular complexity index is 692. The van der Waals surface area contributed by atoms with Crippen molar-refractivity contribution in [3.05, 3.63) is 52.8 Å². The molecular formula is C17H22N4O. The van der Waals surface area contributed by atoms with Gasteiger partial charge in [-0.05, 0) is 24.0 Å². The molecule has 5 heteroatoms. The maximum Gasteiger partial charge on any atom is 0.235 e. The van der Waals surface area contributed by atoms with E-state index in [2.05, 4.69) is 29.1 Å². The Kier molecular flexibility index (Phi) is 3.98. The number of hydrogen-bond donors (Lipinski definition) is 1. The van der Waals surface area contributed by atoms with Crippen LogP contribution in [0.2, 0.25) is 0 Å². The second kappa shape index (κ2) is 5.93. The number of aryl methyl sites for hydroxylation is 1. The first kappa shape index (κ1) is 14.8. The Balaban J connectivity index is 1.89. The number of fused-ring (bicyclic) bond motifs is 1. The summed E-state index contributed by atoms with van der Waals surface area (Å²) >= 11 is 0. The van der Waals surface area contributed by atoms with Gasteiger partial charge in [0.15, 0.2) is 0 Å². The number of carbonyl (C=O) groups is 1. The zero-order valence-corrected chi connectivity index (χ0v) is 13.1. The first-order chi connectivity index (χ1) is 10.6. The molecule has 116 valence electrons. The molecule has 0 spiro atoms. The summed E-state index contributed by atoms with van der Waals surface area (Å²) in [5.74, 6) is -0.253. The Hall–Kier alpha value is -2.14. The van der Waals surface area contributed by atoms with Crippen LogP contribution >= 0.6 is 0 Å². The topological polar surface area (TPSA) is 64.2 Å². The van der Waals surface area contributed by atoms with Gasteiger partial charge in [-0.3, -0.25) is 14.4 Å². The van der Waals surface area contributed by atoms with Crippen LogP contribution in [0.3, 0.4) is 0 Å². The fraction of sp³-hybridized carbons (Fsp3) is 0.412. The molecule has 1 unspecified atom stereocenters. The van der Waals surface area contributed by atoms with E-state index in [0.29, 0.717) is 13.0 Å². The van der Waals surface area contributed by atoms with Gasteiger partial charge in [0.1, 0.15) is 0 Å². The van der Waals surface area contributed by atoms with Gasteiger partial charge in [0.25, 0.3) is 0 Å². The van der Waals surface area contributed by atoms with E-state index in [1.54, 1.807) is 0 Å². The smallest absolute Gasteiger partial charge is 0.235 e. The van der Waals surface area contributed by atoms with Crippen molar-refractivity contribution in [2.45, 2.75) is 38.9 Å². The summed E-state index contributed by atoms with van der Waals surface area (Å²) in [4.78, 5) is 14.1. The van der Waals surface area contributed by atoms with Crippen LogP contribution < -0.4 is 5.73 Å². The third-order valence-electron chi connectivity index (χ3n) is 4.53. The molecule has 1 aromatic heterocycles. The van der Waals surface area contributed by atoms with Crippen LogP contribution in [0.25, 0.3) is 0 Å². The molecule has 1 amide bonds. The van der Waals surface area contributed by atoms with Gasteiger partial charge in [0.2, 0.25) is 5.91 Å². The summed E-state index contributed by atoms with van der Waals surface area (Å²) in [5.41, 5.74) is 10.5. The molecule has 3 rings (SSSR count). The zero-order chi connectivity index (χ0) is 15.7. The van der Waals surface area contributed by atoms with Crippen molar-refractivity contribution in [3.8, 4) is 0 Å². The summed E-state index contributed by atoms with van der Waals surface area (Å²) in [6.45, 7) is 3.58. The molecule has 1 aliphatic rings. The van der Waals surface area contributed by atoms with E-state index in [9.17, 15) is 4.79 Å². The summed E-state index contributed by atoms with van der Waals surface area (Å²) in [5, 5.41) is 4.34. The lowest BCUT2D eigenvalue weighted by Gasteiger charge is -2.35. The summed E-state index contributed by atoms with van der Waals surface area (Å²) in [6, 6.07) is 8.03. The van der Waals surface area contributed by atoms with Crippen molar-refractivity contribution in [2.24, 2.45) is 12.8 Å². The molecule has 0 aliphatic carbocycles. The number of carbonyl (C=O) groups excluding carboxylic acids is 1. The minimum absolute atomic E-state index is 0.250. The van der Waals surface area contributed by atoms with Crippen LogP contribution in [0, 0.1) is 0 Å². The lowest BCUT2D eigenvalue weighted by molar-refractivity contribution is -0.124. The van der Waals surface area contributed by atoms with Crippen LogP contribution in [-0.4, -0.2) is 26.6 Å². The molecule has 0 fully saturated rings. The Morgan fingerprint density at radius 1 is 1.36 bits per heavy atom. The van der Waals surface area contributed by atoms with Crippen LogP contribution in [0.5, 0.6) is 0 Å². The number of hydrogen-bond acceptors (Lipinski definition) is 3. The van der Waals surface area contributed by atoms with Gasteiger partial charge in [-0.2, -0.15) is 5.10 Å². The van der Waals surface area contributed by atoms with Crippen molar-refractivity contribution in [1.29, 1.82) is 0 Å². The molecule has 2 heterocycles. The van der Waals surface area contributed by atoms with Crippen LogP contribution in [0.4, 0.5) is 0 Å². The molecule has 22 heavy (non-hydrogen) atoms. The van der Waals surface area contributed by atoms with E-state index in [0.717, 1.165) is 13.0 Å².